The zero-order valence-electron chi connectivity index (χ0n) is 19.0. The number of rotatable bonds is 7. The first-order valence-corrected chi connectivity index (χ1v) is 13.1. The highest BCUT2D eigenvalue weighted by molar-refractivity contribution is 7.99. The van der Waals surface area contributed by atoms with Gasteiger partial charge in [0.1, 0.15) is 4.83 Å². The van der Waals surface area contributed by atoms with Crippen LogP contribution in [0.1, 0.15) is 16.0 Å². The molecule has 1 amide bonds. The fourth-order valence-electron chi connectivity index (χ4n) is 4.23. The number of amides is 1. The van der Waals surface area contributed by atoms with Crippen LogP contribution in [-0.4, -0.2) is 46.2 Å². The molecule has 0 saturated carbocycles. The van der Waals surface area contributed by atoms with Gasteiger partial charge in [-0.3, -0.25) is 14.2 Å². The Kier molecular flexibility index (Phi) is 6.80. The molecule has 174 valence electrons. The van der Waals surface area contributed by atoms with Crippen LogP contribution in [0.2, 0.25) is 0 Å². The number of hydrogen-bond acceptors (Lipinski definition) is 6. The highest BCUT2D eigenvalue weighted by atomic mass is 32.2. The van der Waals surface area contributed by atoms with Gasteiger partial charge in [0.05, 0.1) is 16.8 Å². The Labute approximate surface area is 206 Å². The third kappa shape index (κ3) is 4.80. The smallest absolute Gasteiger partial charge is 0.267 e. The number of nitrogens with zero attached hydrogens (tertiary/aromatic N) is 3. The number of para-hydroxylation sites is 1. The summed E-state index contributed by atoms with van der Waals surface area (Å²) in [6, 6.07) is 19.7. The monoisotopic (exact) mass is 490 g/mol. The third-order valence-electron chi connectivity index (χ3n) is 5.96. The van der Waals surface area contributed by atoms with Gasteiger partial charge in [-0.15, -0.1) is 11.3 Å². The molecule has 0 radical (unpaired) electrons. The number of benzene rings is 2. The molecule has 1 aliphatic heterocycles. The number of fused-ring (bicyclic) bond motifs is 3. The lowest BCUT2D eigenvalue weighted by Crippen LogP contribution is -2.28. The van der Waals surface area contributed by atoms with Crippen molar-refractivity contribution in [3.63, 3.8) is 0 Å². The number of carbonyl (C=O) groups is 1. The Morgan fingerprint density at radius 3 is 2.62 bits per heavy atom. The second-order valence-electron chi connectivity index (χ2n) is 8.42. The van der Waals surface area contributed by atoms with E-state index in [1.807, 2.05) is 48.5 Å². The van der Waals surface area contributed by atoms with E-state index in [1.165, 1.54) is 22.2 Å². The van der Waals surface area contributed by atoms with Gasteiger partial charge >= 0.3 is 0 Å². The van der Waals surface area contributed by atoms with E-state index in [4.69, 9.17) is 4.98 Å². The summed E-state index contributed by atoms with van der Waals surface area (Å²) < 4.78 is 1.66. The largest absolute Gasteiger partial charge is 0.355 e. The summed E-state index contributed by atoms with van der Waals surface area (Å²) in [7, 11) is 2.10. The van der Waals surface area contributed by atoms with Crippen LogP contribution in [-0.2, 0) is 24.2 Å². The molecule has 4 aromatic rings. The van der Waals surface area contributed by atoms with Crippen molar-refractivity contribution in [1.29, 1.82) is 0 Å². The van der Waals surface area contributed by atoms with E-state index in [2.05, 4.69) is 29.4 Å². The molecule has 3 heterocycles. The normalized spacial score (nSPS) is 13.7. The summed E-state index contributed by atoms with van der Waals surface area (Å²) in [6.07, 6.45) is 1.64. The van der Waals surface area contributed by atoms with Crippen molar-refractivity contribution in [2.24, 2.45) is 0 Å². The van der Waals surface area contributed by atoms with Gasteiger partial charge in [0.25, 0.3) is 5.56 Å². The van der Waals surface area contributed by atoms with E-state index in [-0.39, 0.29) is 17.2 Å². The molecule has 0 atom stereocenters. The van der Waals surface area contributed by atoms with Crippen molar-refractivity contribution in [3.8, 4) is 5.69 Å². The average Bonchev–Trinajstić information content (AvgIpc) is 3.21. The van der Waals surface area contributed by atoms with Gasteiger partial charge in [-0.25, -0.2) is 4.98 Å². The van der Waals surface area contributed by atoms with Crippen LogP contribution >= 0.6 is 23.1 Å². The van der Waals surface area contributed by atoms with Crippen molar-refractivity contribution in [1.82, 2.24) is 19.8 Å². The summed E-state index contributed by atoms with van der Waals surface area (Å²) in [5.41, 5.74) is 3.04. The summed E-state index contributed by atoms with van der Waals surface area (Å²) in [5.74, 6) is 0.134. The number of likely N-dealkylation sites (N-methyl/N-ethyl adjacent to an activating group) is 1. The van der Waals surface area contributed by atoms with Gasteiger partial charge in [0, 0.05) is 24.5 Å². The van der Waals surface area contributed by atoms with Gasteiger partial charge < -0.3 is 10.2 Å². The molecule has 6 nitrogen and oxygen atoms in total. The maximum Gasteiger partial charge on any atom is 0.267 e. The summed E-state index contributed by atoms with van der Waals surface area (Å²) in [5, 5.41) is 4.26. The van der Waals surface area contributed by atoms with Crippen LogP contribution in [0.4, 0.5) is 0 Å². The van der Waals surface area contributed by atoms with E-state index in [0.717, 1.165) is 47.4 Å². The van der Waals surface area contributed by atoms with Crippen molar-refractivity contribution in [3.05, 3.63) is 87.0 Å². The summed E-state index contributed by atoms with van der Waals surface area (Å²) >= 11 is 2.91. The van der Waals surface area contributed by atoms with Crippen LogP contribution in [0.3, 0.4) is 0 Å². The number of thioether (sulfide) groups is 1. The molecule has 0 saturated heterocycles. The molecular formula is C26H26N4O2S2. The summed E-state index contributed by atoms with van der Waals surface area (Å²) in [4.78, 5) is 35.4. The quantitative estimate of drug-likeness (QED) is 0.315. The molecule has 34 heavy (non-hydrogen) atoms. The zero-order chi connectivity index (χ0) is 23.5. The molecule has 8 heteroatoms. The van der Waals surface area contributed by atoms with Gasteiger partial charge in [0.15, 0.2) is 5.16 Å². The first-order chi connectivity index (χ1) is 16.6. The van der Waals surface area contributed by atoms with Crippen LogP contribution in [0.25, 0.3) is 15.9 Å². The number of thiophene rings is 1. The molecule has 5 rings (SSSR count). The number of hydrogen-bond donors (Lipinski definition) is 1. The Bertz CT molecular complexity index is 1370. The van der Waals surface area contributed by atoms with Crippen LogP contribution in [0.15, 0.2) is 70.6 Å². The molecule has 2 aromatic carbocycles. The number of aromatic nitrogens is 2. The van der Waals surface area contributed by atoms with Crippen molar-refractivity contribution in [2.75, 3.05) is 25.9 Å². The predicted molar refractivity (Wildman–Crippen MR) is 139 cm³/mol. The Balaban J connectivity index is 1.40. The topological polar surface area (TPSA) is 67.2 Å². The number of carbonyl (C=O) groups excluding carboxylic acids is 1. The molecule has 0 unspecified atom stereocenters. The van der Waals surface area contributed by atoms with Crippen LogP contribution in [0.5, 0.6) is 0 Å². The predicted octanol–water partition coefficient (Wildman–Crippen LogP) is 3.89. The molecule has 0 spiro atoms. The van der Waals surface area contributed by atoms with Crippen molar-refractivity contribution < 1.29 is 4.79 Å². The molecule has 0 fully saturated rings. The van der Waals surface area contributed by atoms with Crippen LogP contribution < -0.4 is 10.9 Å². The Hall–Kier alpha value is -2.94. The van der Waals surface area contributed by atoms with Crippen molar-refractivity contribution >= 4 is 39.2 Å². The highest BCUT2D eigenvalue weighted by Crippen LogP contribution is 2.33. The lowest BCUT2D eigenvalue weighted by atomic mass is 10.1. The van der Waals surface area contributed by atoms with E-state index in [0.29, 0.717) is 11.7 Å². The fraction of sp³-hybridized carbons (Fsp3) is 0.269. The zero-order valence-corrected chi connectivity index (χ0v) is 20.6. The third-order valence-corrected chi connectivity index (χ3v) is 8.01. The minimum absolute atomic E-state index is 0.0507. The fourth-order valence-corrected chi connectivity index (χ4v) is 6.41. The Morgan fingerprint density at radius 1 is 1.12 bits per heavy atom. The molecule has 1 aliphatic rings. The Morgan fingerprint density at radius 2 is 1.85 bits per heavy atom. The SMILES string of the molecule is CN1CCc2c(sc3nc(SCC(=O)NCCc4ccccc4)n(-c4ccccc4)c(=O)c23)C1. The van der Waals surface area contributed by atoms with E-state index >= 15 is 0 Å². The minimum atomic E-state index is -0.0676. The lowest BCUT2D eigenvalue weighted by Gasteiger charge is -2.21. The van der Waals surface area contributed by atoms with Gasteiger partial charge in [-0.1, -0.05) is 60.3 Å². The first kappa shape index (κ1) is 22.8. The van der Waals surface area contributed by atoms with Gasteiger partial charge in [0.2, 0.25) is 5.91 Å². The maximum atomic E-state index is 13.7. The minimum Gasteiger partial charge on any atom is -0.355 e. The second-order valence-corrected chi connectivity index (χ2v) is 10.4. The van der Waals surface area contributed by atoms with Crippen molar-refractivity contribution in [2.45, 2.75) is 24.5 Å². The molecule has 2 aromatic heterocycles. The molecular weight excluding hydrogens is 464 g/mol. The highest BCUT2D eigenvalue weighted by Gasteiger charge is 2.24. The lowest BCUT2D eigenvalue weighted by molar-refractivity contribution is -0.118. The average molecular weight is 491 g/mol. The van der Waals surface area contributed by atoms with Gasteiger partial charge in [-0.05, 0) is 43.1 Å². The second kappa shape index (κ2) is 10.1. The molecule has 0 bridgehead atoms. The standard InChI is InChI=1S/C26H26N4O2S2/c1-29-15-13-20-21(16-29)34-24-23(20)25(32)30(19-10-6-3-7-11-19)26(28-24)33-17-22(31)27-14-12-18-8-4-2-5-9-18/h2-11H,12-17H2,1H3,(H,27,31). The maximum absolute atomic E-state index is 13.7. The van der Waals surface area contributed by atoms with Gasteiger partial charge in [-0.2, -0.15) is 0 Å². The van der Waals surface area contributed by atoms with Crippen LogP contribution in [0, 0.1) is 0 Å². The van der Waals surface area contributed by atoms with E-state index in [9.17, 15) is 9.59 Å². The first-order valence-electron chi connectivity index (χ1n) is 11.3. The van der Waals surface area contributed by atoms with E-state index < -0.39 is 0 Å². The molecule has 0 aliphatic carbocycles. The number of nitrogens with one attached hydrogen (secondary N) is 1. The van der Waals surface area contributed by atoms with E-state index in [1.54, 1.807) is 15.9 Å². The molecule has 1 N–H and O–H groups in total. The summed E-state index contributed by atoms with van der Waals surface area (Å²) in [6.45, 7) is 2.35.